The molecule has 0 fully saturated rings. The molecule has 0 aliphatic carbocycles. The van der Waals surface area contributed by atoms with Crippen LogP contribution in [0.15, 0.2) is 18.2 Å². The Morgan fingerprint density at radius 2 is 1.37 bits per heavy atom. The molecule has 0 amide bonds. The van der Waals surface area contributed by atoms with Gasteiger partial charge in [0.15, 0.2) is 11.5 Å². The molecule has 0 heterocycles. The summed E-state index contributed by atoms with van der Waals surface area (Å²) in [5.74, 6) is 1.31. The molecular weight excluding hydrogens is 380 g/mol. The van der Waals surface area contributed by atoms with Crippen molar-refractivity contribution in [1.29, 1.82) is 0 Å². The summed E-state index contributed by atoms with van der Waals surface area (Å²) in [6.07, 6.45) is 7.19. The number of carbonyl (C=O) groups is 2. The van der Waals surface area contributed by atoms with Crippen molar-refractivity contribution in [3.05, 3.63) is 18.2 Å². The van der Waals surface area contributed by atoms with Gasteiger partial charge in [-0.15, -0.1) is 0 Å². The predicted octanol–water partition coefficient (Wildman–Crippen LogP) is 6.72. The Morgan fingerprint density at radius 3 is 1.93 bits per heavy atom. The second-order valence-electron chi connectivity index (χ2n) is 8.66. The van der Waals surface area contributed by atoms with Crippen LogP contribution in [0.2, 0.25) is 0 Å². The van der Waals surface area contributed by atoms with Gasteiger partial charge in [0.2, 0.25) is 5.75 Å². The van der Waals surface area contributed by atoms with Gasteiger partial charge < -0.3 is 14.2 Å². The van der Waals surface area contributed by atoms with Crippen molar-refractivity contribution in [2.24, 2.45) is 11.8 Å². The van der Waals surface area contributed by atoms with Crippen LogP contribution in [0, 0.1) is 11.8 Å². The molecule has 0 unspecified atom stereocenters. The lowest BCUT2D eigenvalue weighted by molar-refractivity contribution is -0.137. The van der Waals surface area contributed by atoms with E-state index in [1.54, 1.807) is 18.2 Å². The van der Waals surface area contributed by atoms with E-state index in [0.717, 1.165) is 44.9 Å². The number of hydrogen-bond donors (Lipinski definition) is 0. The Hall–Kier alpha value is -2.04. The Balaban J connectivity index is 2.85. The summed E-state index contributed by atoms with van der Waals surface area (Å²) >= 11 is 0. The number of benzene rings is 1. The van der Waals surface area contributed by atoms with Crippen molar-refractivity contribution in [1.82, 2.24) is 0 Å². The van der Waals surface area contributed by atoms with Crippen molar-refractivity contribution >= 4 is 11.9 Å². The quantitative estimate of drug-likeness (QED) is 0.179. The van der Waals surface area contributed by atoms with E-state index in [9.17, 15) is 9.59 Å². The molecule has 170 valence electrons. The largest absolute Gasteiger partial charge is 0.490 e. The standard InChI is InChI=1S/C25H40O5/c1-6-7-8-18-28-21-14-11-15-22(29-23(26)16-9-12-19(2)3)25(21)30-24(27)17-10-13-20(4)5/h11,14-15,19-20H,6-10,12-13,16-18H2,1-5H3. The Kier molecular flexibility index (Phi) is 12.9. The van der Waals surface area contributed by atoms with Crippen LogP contribution in [-0.4, -0.2) is 18.5 Å². The second kappa shape index (κ2) is 14.9. The lowest BCUT2D eigenvalue weighted by atomic mass is 10.1. The molecular formula is C25H40O5. The molecule has 1 aromatic carbocycles. The molecule has 30 heavy (non-hydrogen) atoms. The van der Waals surface area contributed by atoms with Crippen molar-refractivity contribution in [2.45, 2.75) is 92.4 Å². The van der Waals surface area contributed by atoms with E-state index in [-0.39, 0.29) is 23.4 Å². The fraction of sp³-hybridized carbons (Fsp3) is 0.680. The van der Waals surface area contributed by atoms with Crippen LogP contribution in [0.4, 0.5) is 0 Å². The van der Waals surface area contributed by atoms with Gasteiger partial charge in [0, 0.05) is 12.8 Å². The van der Waals surface area contributed by atoms with E-state index in [1.807, 2.05) is 0 Å². The number of carbonyl (C=O) groups excluding carboxylic acids is 2. The van der Waals surface area contributed by atoms with Crippen LogP contribution in [0.25, 0.3) is 0 Å². The molecule has 0 saturated heterocycles. The van der Waals surface area contributed by atoms with Gasteiger partial charge in [-0.05, 0) is 43.2 Å². The van der Waals surface area contributed by atoms with E-state index < -0.39 is 0 Å². The first-order valence-electron chi connectivity index (χ1n) is 11.5. The fourth-order valence-corrected chi connectivity index (χ4v) is 2.97. The number of unbranched alkanes of at least 4 members (excludes halogenated alkanes) is 2. The van der Waals surface area contributed by atoms with Crippen LogP contribution < -0.4 is 14.2 Å². The number of para-hydroxylation sites is 1. The van der Waals surface area contributed by atoms with Crippen molar-refractivity contribution in [2.75, 3.05) is 6.61 Å². The highest BCUT2D eigenvalue weighted by atomic mass is 16.6. The van der Waals surface area contributed by atoms with Crippen molar-refractivity contribution in [3.8, 4) is 17.2 Å². The summed E-state index contributed by atoms with van der Waals surface area (Å²) in [6.45, 7) is 11.2. The summed E-state index contributed by atoms with van der Waals surface area (Å²) in [4.78, 5) is 24.7. The number of esters is 2. The molecule has 5 nitrogen and oxygen atoms in total. The smallest absolute Gasteiger partial charge is 0.311 e. The third kappa shape index (κ3) is 11.2. The zero-order valence-electron chi connectivity index (χ0n) is 19.5. The summed E-state index contributed by atoms with van der Waals surface area (Å²) in [7, 11) is 0. The van der Waals surface area contributed by atoms with E-state index in [2.05, 4.69) is 34.6 Å². The topological polar surface area (TPSA) is 61.8 Å². The average Bonchev–Trinajstić information content (AvgIpc) is 2.66. The van der Waals surface area contributed by atoms with E-state index in [0.29, 0.717) is 37.0 Å². The van der Waals surface area contributed by atoms with Gasteiger partial charge in [-0.25, -0.2) is 0 Å². The summed E-state index contributed by atoms with van der Waals surface area (Å²) < 4.78 is 17.0. The molecule has 0 spiro atoms. The second-order valence-corrected chi connectivity index (χ2v) is 8.66. The minimum Gasteiger partial charge on any atom is -0.490 e. The molecule has 1 aromatic rings. The van der Waals surface area contributed by atoms with E-state index in [4.69, 9.17) is 14.2 Å². The molecule has 0 atom stereocenters. The predicted molar refractivity (Wildman–Crippen MR) is 120 cm³/mol. The van der Waals surface area contributed by atoms with Crippen LogP contribution in [0.1, 0.15) is 92.4 Å². The number of ether oxygens (including phenoxy) is 3. The Bertz CT molecular complexity index is 636. The third-order valence-electron chi connectivity index (χ3n) is 4.71. The highest BCUT2D eigenvalue weighted by Gasteiger charge is 2.19. The Labute approximate surface area is 182 Å². The minimum atomic E-state index is -0.336. The summed E-state index contributed by atoms with van der Waals surface area (Å²) in [5, 5.41) is 0. The molecule has 0 radical (unpaired) electrons. The van der Waals surface area contributed by atoms with Crippen LogP contribution >= 0.6 is 0 Å². The average molecular weight is 421 g/mol. The fourth-order valence-electron chi connectivity index (χ4n) is 2.97. The monoisotopic (exact) mass is 420 g/mol. The molecule has 0 aromatic heterocycles. The zero-order valence-corrected chi connectivity index (χ0v) is 19.5. The molecule has 1 rings (SSSR count). The first-order chi connectivity index (χ1) is 14.3. The maximum Gasteiger partial charge on any atom is 0.311 e. The minimum absolute atomic E-state index is 0.209. The molecule has 0 saturated carbocycles. The maximum atomic E-state index is 12.4. The van der Waals surface area contributed by atoms with Gasteiger partial charge >= 0.3 is 11.9 Å². The number of hydrogen-bond acceptors (Lipinski definition) is 5. The van der Waals surface area contributed by atoms with Crippen LogP contribution in [0.5, 0.6) is 17.2 Å². The van der Waals surface area contributed by atoms with Crippen molar-refractivity contribution < 1.29 is 23.8 Å². The van der Waals surface area contributed by atoms with E-state index >= 15 is 0 Å². The first-order valence-corrected chi connectivity index (χ1v) is 11.5. The first kappa shape index (κ1) is 26.0. The highest BCUT2D eigenvalue weighted by Crippen LogP contribution is 2.38. The van der Waals surface area contributed by atoms with Crippen LogP contribution in [-0.2, 0) is 9.59 Å². The highest BCUT2D eigenvalue weighted by molar-refractivity contribution is 5.77. The summed E-state index contributed by atoms with van der Waals surface area (Å²) in [5.41, 5.74) is 0. The van der Waals surface area contributed by atoms with E-state index in [1.165, 1.54) is 0 Å². The van der Waals surface area contributed by atoms with Gasteiger partial charge in [-0.3, -0.25) is 9.59 Å². The van der Waals surface area contributed by atoms with Gasteiger partial charge in [0.05, 0.1) is 6.61 Å². The molecule has 0 aliphatic heterocycles. The molecule has 0 bridgehead atoms. The lowest BCUT2D eigenvalue weighted by Crippen LogP contribution is -2.13. The van der Waals surface area contributed by atoms with Gasteiger partial charge in [0.25, 0.3) is 0 Å². The maximum absolute atomic E-state index is 12.4. The summed E-state index contributed by atoms with van der Waals surface area (Å²) in [6, 6.07) is 5.15. The molecule has 0 N–H and O–H groups in total. The SMILES string of the molecule is CCCCCOc1cccc(OC(=O)CCCC(C)C)c1OC(=O)CCCC(C)C. The Morgan fingerprint density at radius 1 is 0.800 bits per heavy atom. The third-order valence-corrected chi connectivity index (χ3v) is 4.71. The normalized spacial score (nSPS) is 11.0. The van der Waals surface area contributed by atoms with Crippen LogP contribution in [0.3, 0.4) is 0 Å². The van der Waals surface area contributed by atoms with Gasteiger partial charge in [0.1, 0.15) is 0 Å². The zero-order chi connectivity index (χ0) is 22.4. The molecule has 0 aliphatic rings. The van der Waals surface area contributed by atoms with Crippen molar-refractivity contribution in [3.63, 3.8) is 0 Å². The molecule has 5 heteroatoms. The van der Waals surface area contributed by atoms with Gasteiger partial charge in [-0.2, -0.15) is 0 Å². The lowest BCUT2D eigenvalue weighted by Gasteiger charge is -2.15. The van der Waals surface area contributed by atoms with Gasteiger partial charge in [-0.1, -0.05) is 66.4 Å². The number of rotatable bonds is 15.